The molecule has 0 saturated heterocycles. The van der Waals surface area contributed by atoms with Crippen LogP contribution in [0.2, 0.25) is 0 Å². The van der Waals surface area contributed by atoms with Crippen molar-refractivity contribution in [3.63, 3.8) is 0 Å². The number of cyclic esters (lactones) is 1. The second kappa shape index (κ2) is 4.59. The number of carbonyl (C=O) groups excluding carboxylic acids is 1. The van der Waals surface area contributed by atoms with E-state index in [9.17, 15) is 13.6 Å². The van der Waals surface area contributed by atoms with Crippen LogP contribution in [0.15, 0.2) is 36.4 Å². The van der Waals surface area contributed by atoms with Gasteiger partial charge in [0.1, 0.15) is 17.7 Å². The maximum Gasteiger partial charge on any atom is 0.339 e. The lowest BCUT2D eigenvalue weighted by atomic mass is 9.99. The largest absolute Gasteiger partial charge is 0.454 e. The van der Waals surface area contributed by atoms with Crippen molar-refractivity contribution in [2.45, 2.75) is 12.5 Å². The number of rotatable bonds is 2. The highest BCUT2D eigenvalue weighted by Crippen LogP contribution is 2.34. The average Bonchev–Trinajstić information content (AvgIpc) is 2.64. The minimum Gasteiger partial charge on any atom is -0.454 e. The monoisotopic (exact) mass is 275 g/mol. The molecule has 1 aliphatic heterocycles. The summed E-state index contributed by atoms with van der Waals surface area (Å²) < 4.78 is 31.6. The van der Waals surface area contributed by atoms with Crippen LogP contribution in [0.5, 0.6) is 0 Å². The number of nitrogens with two attached hydrogens (primary N) is 1. The van der Waals surface area contributed by atoms with Gasteiger partial charge in [-0.05, 0) is 29.8 Å². The Bertz CT molecular complexity index is 680. The summed E-state index contributed by atoms with van der Waals surface area (Å²) >= 11 is 0. The molecular formula is C15H11F2NO2. The lowest BCUT2D eigenvalue weighted by molar-refractivity contribution is 0.0387. The first-order valence-electron chi connectivity index (χ1n) is 6.08. The summed E-state index contributed by atoms with van der Waals surface area (Å²) in [6.45, 7) is 0. The fourth-order valence-corrected chi connectivity index (χ4v) is 2.38. The van der Waals surface area contributed by atoms with Gasteiger partial charge in [-0.25, -0.2) is 13.6 Å². The van der Waals surface area contributed by atoms with Gasteiger partial charge in [0.05, 0.1) is 5.56 Å². The third-order valence-corrected chi connectivity index (χ3v) is 3.24. The molecule has 20 heavy (non-hydrogen) atoms. The van der Waals surface area contributed by atoms with Gasteiger partial charge in [-0.3, -0.25) is 0 Å². The predicted octanol–water partition coefficient (Wildman–Crippen LogP) is 3.00. The first-order chi connectivity index (χ1) is 9.52. The van der Waals surface area contributed by atoms with E-state index in [-0.39, 0.29) is 6.42 Å². The maximum atomic E-state index is 13.2. The van der Waals surface area contributed by atoms with E-state index < -0.39 is 23.7 Å². The van der Waals surface area contributed by atoms with Gasteiger partial charge in [0.25, 0.3) is 0 Å². The highest BCUT2D eigenvalue weighted by molar-refractivity contribution is 5.95. The molecule has 0 saturated carbocycles. The van der Waals surface area contributed by atoms with Crippen LogP contribution in [0.1, 0.15) is 27.6 Å². The Balaban J connectivity index is 1.92. The molecule has 3 rings (SSSR count). The zero-order valence-electron chi connectivity index (χ0n) is 10.4. The molecule has 1 aliphatic rings. The molecule has 102 valence electrons. The van der Waals surface area contributed by atoms with Crippen LogP contribution in [0.4, 0.5) is 14.5 Å². The second-order valence-electron chi connectivity index (χ2n) is 4.72. The number of hydrogen-bond donors (Lipinski definition) is 1. The highest BCUT2D eigenvalue weighted by atomic mass is 19.1. The standard InChI is InChI=1S/C15H11F2NO2/c16-9-3-8(4-10(17)6-9)5-14-12-2-1-11(18)7-13(12)15(19)20-14/h1-4,6-7,14H,5,18H2. The zero-order valence-corrected chi connectivity index (χ0v) is 10.4. The number of fused-ring (bicyclic) bond motifs is 1. The Morgan fingerprint density at radius 2 is 1.80 bits per heavy atom. The molecule has 5 heteroatoms. The fraction of sp³-hybridized carbons (Fsp3) is 0.133. The average molecular weight is 275 g/mol. The Morgan fingerprint density at radius 3 is 2.50 bits per heavy atom. The van der Waals surface area contributed by atoms with Crippen molar-refractivity contribution in [1.29, 1.82) is 0 Å². The van der Waals surface area contributed by atoms with Gasteiger partial charge < -0.3 is 10.5 Å². The molecule has 3 nitrogen and oxygen atoms in total. The molecule has 0 fully saturated rings. The summed E-state index contributed by atoms with van der Waals surface area (Å²) in [6, 6.07) is 8.18. The lowest BCUT2D eigenvalue weighted by Crippen LogP contribution is -2.03. The molecule has 2 N–H and O–H groups in total. The summed E-state index contributed by atoms with van der Waals surface area (Å²) in [5, 5.41) is 0. The van der Waals surface area contributed by atoms with Gasteiger partial charge in [0.15, 0.2) is 0 Å². The van der Waals surface area contributed by atoms with Crippen molar-refractivity contribution in [1.82, 2.24) is 0 Å². The first-order valence-corrected chi connectivity index (χ1v) is 6.08. The third kappa shape index (κ3) is 2.22. The summed E-state index contributed by atoms with van der Waals surface area (Å²) in [4.78, 5) is 11.7. The van der Waals surface area contributed by atoms with Crippen LogP contribution in [-0.2, 0) is 11.2 Å². The second-order valence-corrected chi connectivity index (χ2v) is 4.72. The molecule has 2 aromatic carbocycles. The van der Waals surface area contributed by atoms with Crippen LogP contribution in [0.3, 0.4) is 0 Å². The van der Waals surface area contributed by atoms with E-state index in [0.717, 1.165) is 6.07 Å². The van der Waals surface area contributed by atoms with Gasteiger partial charge >= 0.3 is 5.97 Å². The van der Waals surface area contributed by atoms with Crippen LogP contribution in [0, 0.1) is 11.6 Å². The molecule has 2 aromatic rings. The Hall–Kier alpha value is -2.43. The lowest BCUT2D eigenvalue weighted by Gasteiger charge is -2.11. The van der Waals surface area contributed by atoms with Crippen LogP contribution in [0.25, 0.3) is 0 Å². The Labute approximate surface area is 114 Å². The minimum absolute atomic E-state index is 0.220. The number of halogens is 2. The number of esters is 1. The fourth-order valence-electron chi connectivity index (χ4n) is 2.38. The van der Waals surface area contributed by atoms with Crippen molar-refractivity contribution < 1.29 is 18.3 Å². The summed E-state index contributed by atoms with van der Waals surface area (Å²) in [7, 11) is 0. The molecule has 1 heterocycles. The van der Waals surface area contributed by atoms with Crippen molar-refractivity contribution in [3.8, 4) is 0 Å². The predicted molar refractivity (Wildman–Crippen MR) is 69.1 cm³/mol. The molecule has 0 aliphatic carbocycles. The summed E-state index contributed by atoms with van der Waals surface area (Å²) in [5.41, 5.74) is 7.63. The zero-order chi connectivity index (χ0) is 14.3. The van der Waals surface area contributed by atoms with Crippen molar-refractivity contribution >= 4 is 11.7 Å². The molecule has 0 amide bonds. The molecule has 0 radical (unpaired) electrons. The first kappa shape index (κ1) is 12.6. The molecule has 0 bridgehead atoms. The number of benzene rings is 2. The van der Waals surface area contributed by atoms with E-state index in [1.165, 1.54) is 12.1 Å². The molecule has 1 atom stereocenters. The maximum absolute atomic E-state index is 13.2. The number of anilines is 1. The normalized spacial score (nSPS) is 16.9. The van der Waals surface area contributed by atoms with E-state index >= 15 is 0 Å². The number of ether oxygens (including phenoxy) is 1. The Morgan fingerprint density at radius 1 is 1.10 bits per heavy atom. The smallest absolute Gasteiger partial charge is 0.339 e. The van der Waals surface area contributed by atoms with Crippen molar-refractivity contribution in [2.24, 2.45) is 0 Å². The SMILES string of the molecule is Nc1ccc2c(c1)C(=O)OC2Cc1cc(F)cc(F)c1. The van der Waals surface area contributed by atoms with E-state index in [1.807, 2.05) is 0 Å². The quantitative estimate of drug-likeness (QED) is 0.677. The summed E-state index contributed by atoms with van der Waals surface area (Å²) in [6.07, 6.45) is -0.323. The highest BCUT2D eigenvalue weighted by Gasteiger charge is 2.31. The van der Waals surface area contributed by atoms with Gasteiger partial charge in [-0.2, -0.15) is 0 Å². The Kier molecular flexibility index (Phi) is 2.89. The van der Waals surface area contributed by atoms with Gasteiger partial charge in [-0.1, -0.05) is 6.07 Å². The van der Waals surface area contributed by atoms with Crippen LogP contribution < -0.4 is 5.73 Å². The number of nitrogen functional groups attached to an aromatic ring is 1. The molecule has 1 unspecified atom stereocenters. The van der Waals surface area contributed by atoms with E-state index in [4.69, 9.17) is 10.5 Å². The van der Waals surface area contributed by atoms with Crippen LogP contribution in [-0.4, -0.2) is 5.97 Å². The van der Waals surface area contributed by atoms with E-state index in [1.54, 1.807) is 18.2 Å². The van der Waals surface area contributed by atoms with Crippen LogP contribution >= 0.6 is 0 Å². The molecular weight excluding hydrogens is 264 g/mol. The number of carbonyl (C=O) groups is 1. The minimum atomic E-state index is -0.651. The number of hydrogen-bond acceptors (Lipinski definition) is 3. The van der Waals surface area contributed by atoms with Crippen molar-refractivity contribution in [3.05, 3.63) is 64.7 Å². The third-order valence-electron chi connectivity index (χ3n) is 3.24. The van der Waals surface area contributed by atoms with E-state index in [0.29, 0.717) is 22.4 Å². The van der Waals surface area contributed by atoms with Crippen molar-refractivity contribution in [2.75, 3.05) is 5.73 Å². The summed E-state index contributed by atoms with van der Waals surface area (Å²) in [5.74, 6) is -1.77. The molecule has 0 aromatic heterocycles. The topological polar surface area (TPSA) is 52.3 Å². The van der Waals surface area contributed by atoms with Gasteiger partial charge in [0, 0.05) is 23.7 Å². The van der Waals surface area contributed by atoms with Gasteiger partial charge in [0.2, 0.25) is 0 Å². The van der Waals surface area contributed by atoms with Gasteiger partial charge in [-0.15, -0.1) is 0 Å². The van der Waals surface area contributed by atoms with E-state index in [2.05, 4.69) is 0 Å². The molecule has 0 spiro atoms.